The van der Waals surface area contributed by atoms with Crippen molar-refractivity contribution in [1.29, 1.82) is 0 Å². The van der Waals surface area contributed by atoms with Gasteiger partial charge in [-0.1, -0.05) is 42.6 Å². The predicted molar refractivity (Wildman–Crippen MR) is 118 cm³/mol. The average Bonchev–Trinajstić information content (AvgIpc) is 3.10. The van der Waals surface area contributed by atoms with E-state index < -0.39 is 23.5 Å². The number of rotatable bonds is 6. The molecule has 2 unspecified atom stereocenters. The molecule has 2 N–H and O–H groups in total. The summed E-state index contributed by atoms with van der Waals surface area (Å²) in [7, 11) is 1.89. The van der Waals surface area contributed by atoms with Crippen molar-refractivity contribution < 1.29 is 18.7 Å². The number of ether oxygens (including phenoxy) is 1. The molecule has 1 aromatic rings. The summed E-state index contributed by atoms with van der Waals surface area (Å²) in [5.41, 5.74) is 0.764. The third-order valence-electron chi connectivity index (χ3n) is 5.27. The largest absolute Gasteiger partial charge is 0.378 e. The van der Waals surface area contributed by atoms with Gasteiger partial charge in [-0.25, -0.2) is 4.39 Å². The Balaban J connectivity index is 1.76. The van der Waals surface area contributed by atoms with Gasteiger partial charge in [0.25, 0.3) is 11.8 Å². The lowest BCUT2D eigenvalue weighted by Gasteiger charge is -2.28. The lowest BCUT2D eigenvalue weighted by atomic mass is 9.96. The van der Waals surface area contributed by atoms with Crippen LogP contribution in [-0.4, -0.2) is 55.6 Å². The number of carbonyl (C=O) groups excluding carboxylic acids is 2. The summed E-state index contributed by atoms with van der Waals surface area (Å²) in [6, 6.07) is 5.28. The van der Waals surface area contributed by atoms with Crippen LogP contribution in [0.5, 0.6) is 0 Å². The number of nitrogens with one attached hydrogen (secondary N) is 2. The Morgan fingerprint density at radius 1 is 1.40 bits per heavy atom. The molecular weight excluding hydrogens is 429 g/mol. The molecule has 0 aromatic heterocycles. The molecule has 2 aliphatic heterocycles. The van der Waals surface area contributed by atoms with Crippen molar-refractivity contribution in [3.63, 3.8) is 0 Å². The molecule has 1 aromatic carbocycles. The molecule has 1 fully saturated rings. The molecule has 30 heavy (non-hydrogen) atoms. The number of carbonyl (C=O) groups is 2. The fourth-order valence-electron chi connectivity index (χ4n) is 3.58. The minimum absolute atomic E-state index is 0.0335. The van der Waals surface area contributed by atoms with Crippen molar-refractivity contribution in [2.75, 3.05) is 38.7 Å². The van der Waals surface area contributed by atoms with Crippen LogP contribution in [0, 0.1) is 0 Å². The Morgan fingerprint density at radius 3 is 2.83 bits per heavy atom. The smallest absolute Gasteiger partial charge is 0.258 e. The number of fused-ring (bicyclic) bond motifs is 1. The maximum atomic E-state index is 14.7. The first-order chi connectivity index (χ1) is 14.2. The van der Waals surface area contributed by atoms with Crippen LogP contribution < -0.4 is 10.6 Å². The average molecular weight is 454 g/mol. The van der Waals surface area contributed by atoms with Crippen LogP contribution >= 0.6 is 23.4 Å². The van der Waals surface area contributed by atoms with E-state index >= 15 is 0 Å². The van der Waals surface area contributed by atoms with Gasteiger partial charge in [-0.15, -0.1) is 0 Å². The fourth-order valence-corrected chi connectivity index (χ4v) is 4.27. The number of nitrogens with zero attached hydrogens (tertiary/aromatic N) is 1. The van der Waals surface area contributed by atoms with Gasteiger partial charge in [0.2, 0.25) is 0 Å². The first kappa shape index (κ1) is 22.8. The van der Waals surface area contributed by atoms with Crippen LogP contribution in [0.3, 0.4) is 0 Å². The van der Waals surface area contributed by atoms with Gasteiger partial charge in [-0.2, -0.15) is 0 Å². The third kappa shape index (κ3) is 5.24. The third-order valence-corrected chi connectivity index (χ3v) is 6.16. The number of amides is 2. The molecule has 162 valence electrons. The molecule has 2 atom stereocenters. The first-order valence-electron chi connectivity index (χ1n) is 9.58. The molecule has 0 saturated carbocycles. The van der Waals surface area contributed by atoms with E-state index in [1.54, 1.807) is 12.1 Å². The molecule has 0 radical (unpaired) electrons. The Morgan fingerprint density at radius 2 is 2.17 bits per heavy atom. The predicted octanol–water partition coefficient (Wildman–Crippen LogP) is 3.36. The number of anilines is 1. The van der Waals surface area contributed by atoms with E-state index in [-0.39, 0.29) is 15.9 Å². The molecule has 0 aliphatic carbocycles. The Hall–Kier alpha value is -1.87. The van der Waals surface area contributed by atoms with E-state index in [4.69, 9.17) is 16.3 Å². The van der Waals surface area contributed by atoms with Crippen LogP contribution in [-0.2, 0) is 20.7 Å². The molecule has 1 saturated heterocycles. The van der Waals surface area contributed by atoms with Gasteiger partial charge < -0.3 is 20.3 Å². The summed E-state index contributed by atoms with van der Waals surface area (Å²) >= 11 is 6.64. The highest BCUT2D eigenvalue weighted by Crippen LogP contribution is 2.31. The number of benzene rings is 1. The topological polar surface area (TPSA) is 70.7 Å². The SMILES string of the molecule is C=C(Cl)SC(=C)C(=O)NC1(C(=O)Nc2ccc3c(c2)C(F)CN(C)CC3)CCOC1. The van der Waals surface area contributed by atoms with Crippen molar-refractivity contribution in [1.82, 2.24) is 10.2 Å². The molecule has 6 nitrogen and oxygen atoms in total. The van der Waals surface area contributed by atoms with Crippen LogP contribution in [0.1, 0.15) is 23.7 Å². The normalized spacial score (nSPS) is 23.9. The fraction of sp³-hybridized carbons (Fsp3) is 0.429. The summed E-state index contributed by atoms with van der Waals surface area (Å²) in [5.74, 6) is -0.937. The van der Waals surface area contributed by atoms with Crippen molar-refractivity contribution in [3.8, 4) is 0 Å². The zero-order valence-corrected chi connectivity index (χ0v) is 18.4. The van der Waals surface area contributed by atoms with Crippen molar-refractivity contribution in [2.45, 2.75) is 24.6 Å². The highest BCUT2D eigenvalue weighted by molar-refractivity contribution is 8.08. The van der Waals surface area contributed by atoms with E-state index in [1.165, 1.54) is 0 Å². The zero-order valence-electron chi connectivity index (χ0n) is 16.8. The van der Waals surface area contributed by atoms with Gasteiger partial charge in [0.05, 0.1) is 15.9 Å². The molecular formula is C21H25ClFN3O3S. The molecule has 2 heterocycles. The molecule has 0 bridgehead atoms. The van der Waals surface area contributed by atoms with Crippen LogP contribution in [0.2, 0.25) is 0 Å². The maximum Gasteiger partial charge on any atom is 0.258 e. The zero-order chi connectivity index (χ0) is 21.9. The lowest BCUT2D eigenvalue weighted by Crippen LogP contribution is -2.57. The van der Waals surface area contributed by atoms with E-state index in [1.807, 2.05) is 18.0 Å². The van der Waals surface area contributed by atoms with Crippen molar-refractivity contribution >= 4 is 40.9 Å². The monoisotopic (exact) mass is 453 g/mol. The Kier molecular flexibility index (Phi) is 7.23. The van der Waals surface area contributed by atoms with E-state index in [0.29, 0.717) is 30.8 Å². The summed E-state index contributed by atoms with van der Waals surface area (Å²) in [5, 5.41) is 5.55. The van der Waals surface area contributed by atoms with E-state index in [2.05, 4.69) is 23.8 Å². The van der Waals surface area contributed by atoms with Crippen LogP contribution in [0.4, 0.5) is 10.1 Å². The van der Waals surface area contributed by atoms with Gasteiger partial charge in [0.1, 0.15) is 11.7 Å². The molecule has 0 spiro atoms. The lowest BCUT2D eigenvalue weighted by molar-refractivity contribution is -0.128. The summed E-state index contributed by atoms with van der Waals surface area (Å²) in [6.07, 6.45) is -0.0667. The second-order valence-electron chi connectivity index (χ2n) is 7.57. The summed E-state index contributed by atoms with van der Waals surface area (Å²) in [4.78, 5) is 27.7. The molecule has 9 heteroatoms. The molecule has 2 amide bonds. The summed E-state index contributed by atoms with van der Waals surface area (Å²) in [6.45, 7) is 8.65. The van der Waals surface area contributed by atoms with Gasteiger partial charge in [-0.3, -0.25) is 9.59 Å². The summed E-state index contributed by atoms with van der Waals surface area (Å²) < 4.78 is 20.3. The number of thioether (sulfide) groups is 1. The first-order valence-corrected chi connectivity index (χ1v) is 10.8. The second-order valence-corrected chi connectivity index (χ2v) is 9.44. The van der Waals surface area contributed by atoms with Gasteiger partial charge >= 0.3 is 0 Å². The minimum Gasteiger partial charge on any atom is -0.378 e. The molecule has 2 aliphatic rings. The number of likely N-dealkylation sites (N-methyl/N-ethyl adjacent to an activating group) is 1. The van der Waals surface area contributed by atoms with Gasteiger partial charge in [0, 0.05) is 31.8 Å². The van der Waals surface area contributed by atoms with Gasteiger partial charge in [-0.05, 0) is 36.7 Å². The number of hydrogen-bond acceptors (Lipinski definition) is 5. The number of hydrogen-bond donors (Lipinski definition) is 2. The number of halogens is 2. The second kappa shape index (κ2) is 9.51. The number of alkyl halides is 1. The van der Waals surface area contributed by atoms with Crippen LogP contribution in [0.15, 0.2) is 40.6 Å². The quantitative estimate of drug-likeness (QED) is 0.646. The van der Waals surface area contributed by atoms with Crippen molar-refractivity contribution in [3.05, 3.63) is 51.8 Å². The van der Waals surface area contributed by atoms with Gasteiger partial charge in [0.15, 0.2) is 0 Å². The minimum atomic E-state index is -1.24. The molecule has 3 rings (SSSR count). The van der Waals surface area contributed by atoms with E-state index in [9.17, 15) is 14.0 Å². The standard InChI is InChI=1S/C21H25ClFN3O3S/c1-13(30-14(2)22)19(27)25-21(7-9-29-12-21)20(28)24-16-5-4-15-6-8-26(3)11-18(23)17(15)10-16/h4-5,10,18H,1-2,6-9,11-12H2,3H3,(H,24,28)(H,25,27). The van der Waals surface area contributed by atoms with Crippen LogP contribution in [0.25, 0.3) is 0 Å². The Bertz CT molecular complexity index is 873. The Labute approximate surface area is 184 Å². The highest BCUT2D eigenvalue weighted by Gasteiger charge is 2.44. The van der Waals surface area contributed by atoms with Crippen molar-refractivity contribution in [2.24, 2.45) is 0 Å². The maximum absolute atomic E-state index is 14.7. The highest BCUT2D eigenvalue weighted by atomic mass is 35.5. The van der Waals surface area contributed by atoms with E-state index in [0.717, 1.165) is 30.3 Å².